The molecule has 1 aromatic heterocycles. The average Bonchev–Trinajstić information content (AvgIpc) is 3.18. The topological polar surface area (TPSA) is 97.8 Å². The molecule has 1 fully saturated rings. The molecule has 1 aliphatic rings. The van der Waals surface area contributed by atoms with E-state index in [9.17, 15) is 10.1 Å². The summed E-state index contributed by atoms with van der Waals surface area (Å²) in [5, 5.41) is 18.8. The van der Waals surface area contributed by atoms with Crippen molar-refractivity contribution < 1.29 is 14.3 Å². The summed E-state index contributed by atoms with van der Waals surface area (Å²) >= 11 is 0. The van der Waals surface area contributed by atoms with Crippen molar-refractivity contribution >= 4 is 22.4 Å². The number of benzene rings is 2. The van der Waals surface area contributed by atoms with Crippen LogP contribution < -0.4 is 9.64 Å². The number of hydrogen-bond acceptors (Lipinski definition) is 8. The monoisotopic (exact) mass is 383 g/mol. The lowest BCUT2D eigenvalue weighted by Crippen LogP contribution is -2.46. The molecule has 2 heterocycles. The van der Waals surface area contributed by atoms with Crippen LogP contribution in [0.3, 0.4) is 0 Å². The highest BCUT2D eigenvalue weighted by molar-refractivity contribution is 5.93. The lowest BCUT2D eigenvalue weighted by molar-refractivity contribution is -0.383. The second kappa shape index (κ2) is 7.43. The fourth-order valence-corrected chi connectivity index (χ4v) is 3.66. The van der Waals surface area contributed by atoms with Crippen LogP contribution in [0.5, 0.6) is 5.75 Å². The molecule has 3 aromatic rings. The maximum Gasteiger partial charge on any atom is 0.300 e. The lowest BCUT2D eigenvalue weighted by Gasteiger charge is -2.36. The average molecular weight is 383 g/mol. The molecule has 9 nitrogen and oxygen atoms in total. The highest BCUT2D eigenvalue weighted by atomic mass is 16.6. The van der Waals surface area contributed by atoms with E-state index in [1.807, 2.05) is 12.1 Å². The molecule has 28 heavy (non-hydrogen) atoms. The van der Waals surface area contributed by atoms with Gasteiger partial charge in [-0.25, -0.2) is 4.63 Å². The van der Waals surface area contributed by atoms with Gasteiger partial charge in [0.1, 0.15) is 5.75 Å². The minimum Gasteiger partial charge on any atom is -0.496 e. The number of nitro groups is 1. The zero-order valence-corrected chi connectivity index (χ0v) is 15.8. The van der Waals surface area contributed by atoms with Crippen molar-refractivity contribution in [2.75, 3.05) is 38.2 Å². The zero-order chi connectivity index (χ0) is 19.7. The number of piperazine rings is 1. The number of ether oxygens (including phenoxy) is 1. The Bertz CT molecular complexity index is 1010. The van der Waals surface area contributed by atoms with Gasteiger partial charge in [0.2, 0.25) is 5.52 Å². The van der Waals surface area contributed by atoms with Crippen LogP contribution in [0.25, 0.3) is 11.0 Å². The summed E-state index contributed by atoms with van der Waals surface area (Å²) in [6.45, 7) is 6.19. The molecule has 0 saturated carbocycles. The lowest BCUT2D eigenvalue weighted by atomic mass is 10.1. The van der Waals surface area contributed by atoms with Gasteiger partial charge in [0.25, 0.3) is 0 Å². The molecule has 9 heteroatoms. The Labute approximate surface area is 161 Å². The summed E-state index contributed by atoms with van der Waals surface area (Å²) in [6, 6.07) is 9.40. The van der Waals surface area contributed by atoms with Gasteiger partial charge < -0.3 is 9.64 Å². The van der Waals surface area contributed by atoms with Gasteiger partial charge in [-0.2, -0.15) is 0 Å². The third-order valence-electron chi connectivity index (χ3n) is 5.11. The molecule has 0 atom stereocenters. The van der Waals surface area contributed by atoms with Crippen LogP contribution in [0.1, 0.15) is 11.1 Å². The molecule has 146 valence electrons. The number of aryl methyl sites for hydroxylation is 1. The normalized spacial score (nSPS) is 15.1. The first-order valence-electron chi connectivity index (χ1n) is 9.07. The van der Waals surface area contributed by atoms with Gasteiger partial charge in [-0.1, -0.05) is 17.7 Å². The number of aromatic nitrogens is 2. The van der Waals surface area contributed by atoms with Crippen LogP contribution in [0.4, 0.5) is 11.4 Å². The van der Waals surface area contributed by atoms with Gasteiger partial charge in [0, 0.05) is 44.4 Å². The molecular formula is C19H21N5O4. The summed E-state index contributed by atoms with van der Waals surface area (Å²) in [5.74, 6) is 0.902. The Balaban J connectivity index is 1.49. The molecule has 0 bridgehead atoms. The van der Waals surface area contributed by atoms with Crippen LogP contribution in [0, 0.1) is 17.0 Å². The number of hydrogen-bond donors (Lipinski definition) is 0. The van der Waals surface area contributed by atoms with E-state index in [0.717, 1.165) is 44.2 Å². The van der Waals surface area contributed by atoms with Crippen molar-refractivity contribution in [3.8, 4) is 5.75 Å². The summed E-state index contributed by atoms with van der Waals surface area (Å²) < 4.78 is 10.3. The molecule has 0 N–H and O–H groups in total. The Morgan fingerprint density at radius 3 is 2.61 bits per heavy atom. The Kier molecular flexibility index (Phi) is 4.82. The van der Waals surface area contributed by atoms with Gasteiger partial charge in [-0.3, -0.25) is 15.0 Å². The Morgan fingerprint density at radius 2 is 1.89 bits per heavy atom. The summed E-state index contributed by atoms with van der Waals surface area (Å²) in [5.41, 5.74) is 3.73. The van der Waals surface area contributed by atoms with E-state index in [-0.39, 0.29) is 11.2 Å². The van der Waals surface area contributed by atoms with Gasteiger partial charge in [0.05, 0.1) is 17.7 Å². The van der Waals surface area contributed by atoms with Crippen LogP contribution in [-0.2, 0) is 6.54 Å². The second-order valence-corrected chi connectivity index (χ2v) is 6.90. The fourth-order valence-electron chi connectivity index (χ4n) is 3.66. The molecule has 4 rings (SSSR count). The molecule has 0 unspecified atom stereocenters. The molecule has 0 amide bonds. The van der Waals surface area contributed by atoms with E-state index in [1.165, 1.54) is 17.2 Å². The Morgan fingerprint density at radius 1 is 1.14 bits per heavy atom. The van der Waals surface area contributed by atoms with E-state index in [0.29, 0.717) is 5.52 Å². The first-order valence-corrected chi connectivity index (χ1v) is 9.07. The Hall–Kier alpha value is -3.20. The largest absolute Gasteiger partial charge is 0.496 e. The van der Waals surface area contributed by atoms with Crippen molar-refractivity contribution in [1.29, 1.82) is 0 Å². The van der Waals surface area contributed by atoms with Gasteiger partial charge in [-0.15, -0.1) is 0 Å². The number of non-ortho nitro benzene ring substituents is 1. The van der Waals surface area contributed by atoms with E-state index in [2.05, 4.69) is 33.1 Å². The van der Waals surface area contributed by atoms with Gasteiger partial charge in [0.15, 0.2) is 5.52 Å². The SMILES string of the molecule is COc1ccc(C)cc1CN1CCN(c2ccc([N+](=O)[O-])c3nonc23)CC1. The summed E-state index contributed by atoms with van der Waals surface area (Å²) in [7, 11) is 1.69. The zero-order valence-electron chi connectivity index (χ0n) is 15.8. The molecular weight excluding hydrogens is 362 g/mol. The fraction of sp³-hybridized carbons (Fsp3) is 0.368. The van der Waals surface area contributed by atoms with Crippen molar-refractivity contribution in [2.24, 2.45) is 0 Å². The number of nitrogens with zero attached hydrogens (tertiary/aromatic N) is 5. The summed E-state index contributed by atoms with van der Waals surface area (Å²) in [6.07, 6.45) is 0. The quantitative estimate of drug-likeness (QED) is 0.490. The van der Waals surface area contributed by atoms with Crippen molar-refractivity contribution in [3.05, 3.63) is 51.6 Å². The van der Waals surface area contributed by atoms with E-state index >= 15 is 0 Å². The van der Waals surface area contributed by atoms with Crippen molar-refractivity contribution in [1.82, 2.24) is 15.2 Å². The highest BCUT2D eigenvalue weighted by Gasteiger charge is 2.25. The minimum absolute atomic E-state index is 0.0924. The third-order valence-corrected chi connectivity index (χ3v) is 5.11. The van der Waals surface area contributed by atoms with Gasteiger partial charge >= 0.3 is 5.69 Å². The standard InChI is InChI=1S/C19H21N5O4/c1-13-3-6-17(27-2)14(11-13)12-22-7-9-23(10-8-22)15-4-5-16(24(25)26)19-18(15)20-28-21-19/h3-6,11H,7-10,12H2,1-2H3. The molecule has 1 aliphatic heterocycles. The third kappa shape index (κ3) is 3.36. The van der Waals surface area contributed by atoms with Crippen molar-refractivity contribution in [2.45, 2.75) is 13.5 Å². The van der Waals surface area contributed by atoms with Crippen molar-refractivity contribution in [3.63, 3.8) is 0 Å². The maximum atomic E-state index is 11.2. The predicted octanol–water partition coefficient (Wildman–Crippen LogP) is 2.77. The van der Waals surface area contributed by atoms with E-state index in [1.54, 1.807) is 13.2 Å². The molecule has 1 saturated heterocycles. The first kappa shape index (κ1) is 18.2. The smallest absolute Gasteiger partial charge is 0.300 e. The van der Waals surface area contributed by atoms with E-state index in [4.69, 9.17) is 9.37 Å². The number of nitro benzene ring substituents is 1. The van der Waals surface area contributed by atoms with Crippen LogP contribution in [-0.4, -0.2) is 53.4 Å². The highest BCUT2D eigenvalue weighted by Crippen LogP contribution is 2.32. The number of fused-ring (bicyclic) bond motifs is 1. The van der Waals surface area contributed by atoms with Crippen LogP contribution in [0.2, 0.25) is 0 Å². The minimum atomic E-state index is -0.469. The molecule has 0 radical (unpaired) electrons. The summed E-state index contributed by atoms with van der Waals surface area (Å²) in [4.78, 5) is 15.2. The van der Waals surface area contributed by atoms with Crippen LogP contribution >= 0.6 is 0 Å². The molecule has 2 aromatic carbocycles. The maximum absolute atomic E-state index is 11.2. The van der Waals surface area contributed by atoms with Gasteiger partial charge in [-0.05, 0) is 29.4 Å². The number of rotatable bonds is 5. The first-order chi connectivity index (χ1) is 13.6. The van der Waals surface area contributed by atoms with Crippen LogP contribution in [0.15, 0.2) is 35.0 Å². The molecule has 0 aliphatic carbocycles. The number of methoxy groups -OCH3 is 1. The number of anilines is 1. The second-order valence-electron chi connectivity index (χ2n) is 6.90. The molecule has 0 spiro atoms. The van der Waals surface area contributed by atoms with E-state index < -0.39 is 4.92 Å². The predicted molar refractivity (Wildman–Crippen MR) is 104 cm³/mol.